The van der Waals surface area contributed by atoms with Crippen LogP contribution in [0.5, 0.6) is 0 Å². The quantitative estimate of drug-likeness (QED) is 0.632. The van der Waals surface area contributed by atoms with Gasteiger partial charge in [0.2, 0.25) is 0 Å². The number of hydrogen-bond donors (Lipinski definition) is 1. The van der Waals surface area contributed by atoms with Gasteiger partial charge in [-0.3, -0.25) is 4.79 Å². The summed E-state index contributed by atoms with van der Waals surface area (Å²) in [5.74, 6) is 5.37. The van der Waals surface area contributed by atoms with Gasteiger partial charge in [0.05, 0.1) is 6.61 Å². The lowest BCUT2D eigenvalue weighted by molar-refractivity contribution is -0.141. The Hall–Kier alpha value is -1.79. The van der Waals surface area contributed by atoms with Gasteiger partial charge in [0, 0.05) is 12.2 Å². The summed E-state index contributed by atoms with van der Waals surface area (Å²) in [6, 6.07) is 7.61. The fourth-order valence-corrected chi connectivity index (χ4v) is 1.36. The fourth-order valence-electron chi connectivity index (χ4n) is 1.36. The van der Waals surface area contributed by atoms with Gasteiger partial charge in [-0.2, -0.15) is 0 Å². The number of aliphatic hydroxyl groups is 1. The van der Waals surface area contributed by atoms with E-state index < -0.39 is 0 Å². The van der Waals surface area contributed by atoms with Crippen molar-refractivity contribution < 1.29 is 14.6 Å². The second-order valence-electron chi connectivity index (χ2n) is 3.46. The zero-order chi connectivity index (χ0) is 12.5. The van der Waals surface area contributed by atoms with Gasteiger partial charge in [-0.15, -0.1) is 0 Å². The van der Waals surface area contributed by atoms with Crippen molar-refractivity contribution in [3.8, 4) is 11.8 Å². The van der Waals surface area contributed by atoms with Crippen molar-refractivity contribution in [2.75, 3.05) is 13.2 Å². The Balaban J connectivity index is 2.59. The molecule has 0 saturated heterocycles. The molecule has 0 spiro atoms. The average molecular weight is 232 g/mol. The van der Waals surface area contributed by atoms with Gasteiger partial charge in [-0.1, -0.05) is 24.0 Å². The molecule has 0 heterocycles. The van der Waals surface area contributed by atoms with Gasteiger partial charge in [0.1, 0.15) is 6.42 Å². The Morgan fingerprint density at radius 1 is 1.47 bits per heavy atom. The van der Waals surface area contributed by atoms with E-state index in [2.05, 4.69) is 11.8 Å². The van der Waals surface area contributed by atoms with E-state index >= 15 is 0 Å². The molecule has 0 aliphatic heterocycles. The maximum atomic E-state index is 11.0. The number of ether oxygens (including phenoxy) is 1. The summed E-state index contributed by atoms with van der Waals surface area (Å²) in [6.07, 6.45) is 0.728. The first-order valence-corrected chi connectivity index (χ1v) is 5.60. The fraction of sp³-hybridized carbons (Fsp3) is 0.357. The van der Waals surface area contributed by atoms with E-state index in [0.29, 0.717) is 13.0 Å². The van der Waals surface area contributed by atoms with Crippen LogP contribution in [0.2, 0.25) is 0 Å². The van der Waals surface area contributed by atoms with Crippen molar-refractivity contribution >= 4 is 5.97 Å². The molecule has 0 aliphatic rings. The summed E-state index contributed by atoms with van der Waals surface area (Å²) in [5, 5.41) is 8.82. The molecule has 0 unspecified atom stereocenters. The standard InChI is InChI=1S/C14H16O3/c1-2-17-14(16)8-4-7-12-5-3-6-13(11-12)9-10-15/h3,5-6,11,15H,2,8-10H2,1H3. The lowest BCUT2D eigenvalue weighted by Gasteiger charge is -1.98. The predicted octanol–water partition coefficient (Wildman–Crippen LogP) is 1.53. The monoisotopic (exact) mass is 232 g/mol. The van der Waals surface area contributed by atoms with E-state index in [1.54, 1.807) is 6.92 Å². The molecule has 0 fully saturated rings. The molecule has 0 atom stereocenters. The van der Waals surface area contributed by atoms with Crippen molar-refractivity contribution in [3.63, 3.8) is 0 Å². The molecule has 1 aromatic rings. The van der Waals surface area contributed by atoms with Crippen LogP contribution in [0, 0.1) is 11.8 Å². The lowest BCUT2D eigenvalue weighted by atomic mass is 10.1. The zero-order valence-corrected chi connectivity index (χ0v) is 9.90. The first-order valence-electron chi connectivity index (χ1n) is 5.60. The number of carbonyl (C=O) groups is 1. The molecule has 1 aromatic carbocycles. The lowest BCUT2D eigenvalue weighted by Crippen LogP contribution is -2.01. The van der Waals surface area contributed by atoms with Crippen molar-refractivity contribution in [1.82, 2.24) is 0 Å². The van der Waals surface area contributed by atoms with Gasteiger partial charge in [0.25, 0.3) is 0 Å². The molecule has 1 rings (SSSR count). The largest absolute Gasteiger partial charge is 0.465 e. The summed E-state index contributed by atoms with van der Waals surface area (Å²) in [6.45, 7) is 2.27. The van der Waals surface area contributed by atoms with E-state index in [9.17, 15) is 4.79 Å². The molecular weight excluding hydrogens is 216 g/mol. The van der Waals surface area contributed by atoms with Gasteiger partial charge in [-0.25, -0.2) is 0 Å². The molecule has 3 nitrogen and oxygen atoms in total. The molecule has 1 N–H and O–H groups in total. The van der Waals surface area contributed by atoms with Crippen LogP contribution in [0.1, 0.15) is 24.5 Å². The molecule has 0 saturated carbocycles. The van der Waals surface area contributed by atoms with E-state index in [4.69, 9.17) is 9.84 Å². The van der Waals surface area contributed by atoms with Crippen LogP contribution in [0.25, 0.3) is 0 Å². The number of rotatable bonds is 4. The highest BCUT2D eigenvalue weighted by molar-refractivity contribution is 5.72. The minimum atomic E-state index is -0.300. The zero-order valence-electron chi connectivity index (χ0n) is 9.90. The summed E-state index contributed by atoms with van der Waals surface area (Å²) in [4.78, 5) is 11.0. The van der Waals surface area contributed by atoms with E-state index in [1.807, 2.05) is 24.3 Å². The number of benzene rings is 1. The number of hydrogen-bond acceptors (Lipinski definition) is 3. The number of esters is 1. The van der Waals surface area contributed by atoms with E-state index in [0.717, 1.165) is 11.1 Å². The van der Waals surface area contributed by atoms with Gasteiger partial charge in [-0.05, 0) is 31.0 Å². The molecule has 3 heteroatoms. The van der Waals surface area contributed by atoms with Crippen LogP contribution >= 0.6 is 0 Å². The third-order valence-corrected chi connectivity index (χ3v) is 2.10. The van der Waals surface area contributed by atoms with Crippen LogP contribution in [0.3, 0.4) is 0 Å². The van der Waals surface area contributed by atoms with Gasteiger partial charge >= 0.3 is 5.97 Å². The van der Waals surface area contributed by atoms with E-state index in [1.165, 1.54) is 0 Å². The third-order valence-electron chi connectivity index (χ3n) is 2.10. The van der Waals surface area contributed by atoms with Crippen LogP contribution in [-0.2, 0) is 16.0 Å². The van der Waals surface area contributed by atoms with Crippen LogP contribution in [0.4, 0.5) is 0 Å². The summed E-state index contributed by atoms with van der Waals surface area (Å²) < 4.78 is 4.77. The highest BCUT2D eigenvalue weighted by Gasteiger charge is 1.96. The Morgan fingerprint density at radius 2 is 2.29 bits per heavy atom. The minimum absolute atomic E-state index is 0.109. The average Bonchev–Trinajstić information content (AvgIpc) is 2.30. The highest BCUT2D eigenvalue weighted by atomic mass is 16.5. The van der Waals surface area contributed by atoms with Crippen LogP contribution in [-0.4, -0.2) is 24.3 Å². The minimum Gasteiger partial charge on any atom is -0.465 e. The molecule has 90 valence electrons. The Labute approximate surface area is 101 Å². The third kappa shape index (κ3) is 5.19. The first-order chi connectivity index (χ1) is 8.26. The summed E-state index contributed by atoms with van der Waals surface area (Å²) >= 11 is 0. The first kappa shape index (κ1) is 13.3. The second-order valence-corrected chi connectivity index (χ2v) is 3.46. The maximum Gasteiger partial charge on any atom is 0.317 e. The Kier molecular flexibility index (Phi) is 5.84. The molecule has 0 radical (unpaired) electrons. The molecule has 17 heavy (non-hydrogen) atoms. The molecule has 0 amide bonds. The normalized spacial score (nSPS) is 9.29. The Bertz CT molecular complexity index is 427. The summed E-state index contributed by atoms with van der Waals surface area (Å²) in [5.41, 5.74) is 1.88. The topological polar surface area (TPSA) is 46.5 Å². The molecule has 0 aromatic heterocycles. The maximum absolute atomic E-state index is 11.0. The van der Waals surface area contributed by atoms with Crippen molar-refractivity contribution in [2.24, 2.45) is 0 Å². The van der Waals surface area contributed by atoms with E-state index in [-0.39, 0.29) is 19.0 Å². The van der Waals surface area contributed by atoms with Crippen molar-refractivity contribution in [2.45, 2.75) is 19.8 Å². The van der Waals surface area contributed by atoms with Crippen molar-refractivity contribution in [3.05, 3.63) is 35.4 Å². The number of carbonyl (C=O) groups excluding carboxylic acids is 1. The molecular formula is C14H16O3. The van der Waals surface area contributed by atoms with Crippen LogP contribution in [0.15, 0.2) is 24.3 Å². The molecule has 0 aliphatic carbocycles. The summed E-state index contributed by atoms with van der Waals surface area (Å²) in [7, 11) is 0. The van der Waals surface area contributed by atoms with Crippen molar-refractivity contribution in [1.29, 1.82) is 0 Å². The second kappa shape index (κ2) is 7.48. The molecule has 0 bridgehead atoms. The van der Waals surface area contributed by atoms with Gasteiger partial charge < -0.3 is 9.84 Å². The SMILES string of the molecule is CCOC(=O)CC#Cc1cccc(CCO)c1. The number of aliphatic hydroxyl groups excluding tert-OH is 1. The predicted molar refractivity (Wildman–Crippen MR) is 65.4 cm³/mol. The highest BCUT2D eigenvalue weighted by Crippen LogP contribution is 2.04. The smallest absolute Gasteiger partial charge is 0.317 e. The van der Waals surface area contributed by atoms with Gasteiger partial charge in [0.15, 0.2) is 0 Å². The Morgan fingerprint density at radius 3 is 3.00 bits per heavy atom. The van der Waals surface area contributed by atoms with Crippen LogP contribution < -0.4 is 0 Å².